The van der Waals surface area contributed by atoms with E-state index in [0.717, 1.165) is 0 Å². The van der Waals surface area contributed by atoms with E-state index in [-0.39, 0.29) is 0 Å². The highest BCUT2D eigenvalue weighted by molar-refractivity contribution is 9.08. The van der Waals surface area contributed by atoms with Gasteiger partial charge in [0.25, 0.3) is 0 Å². The number of hydrogen-bond donors (Lipinski definition) is 4. The standard InChI is InChI=1S/C4H10Br2N6/c5-11-2(8)1(7)3(9)12(6)4(11)10/h2,4H,7-10H2. The monoisotopic (exact) mass is 300 g/mol. The molecule has 0 amide bonds. The van der Waals surface area contributed by atoms with Gasteiger partial charge in [0, 0.05) is 16.1 Å². The smallest absolute Gasteiger partial charge is 0.157 e. The van der Waals surface area contributed by atoms with Crippen molar-refractivity contribution in [2.75, 3.05) is 0 Å². The van der Waals surface area contributed by atoms with Crippen LogP contribution < -0.4 is 22.9 Å². The van der Waals surface area contributed by atoms with Crippen molar-refractivity contribution >= 4 is 32.3 Å². The number of halogens is 2. The van der Waals surface area contributed by atoms with Gasteiger partial charge in [-0.1, -0.05) is 0 Å². The lowest BCUT2D eigenvalue weighted by Gasteiger charge is -2.39. The molecule has 0 bridgehead atoms. The van der Waals surface area contributed by atoms with E-state index in [4.69, 9.17) is 22.9 Å². The van der Waals surface area contributed by atoms with E-state index >= 15 is 0 Å². The number of nitrogens with two attached hydrogens (primary N) is 4. The van der Waals surface area contributed by atoms with Crippen molar-refractivity contribution in [1.29, 1.82) is 0 Å². The molecule has 0 radical (unpaired) electrons. The second-order valence-electron chi connectivity index (χ2n) is 2.35. The molecule has 70 valence electrons. The number of rotatable bonds is 0. The van der Waals surface area contributed by atoms with E-state index in [1.54, 1.807) is 0 Å². The van der Waals surface area contributed by atoms with Crippen LogP contribution in [0.3, 0.4) is 0 Å². The van der Waals surface area contributed by atoms with Gasteiger partial charge in [0.15, 0.2) is 6.29 Å². The Hall–Kier alpha value is -0.0200. The molecule has 1 heterocycles. The van der Waals surface area contributed by atoms with Crippen LogP contribution in [0.15, 0.2) is 11.5 Å². The summed E-state index contributed by atoms with van der Waals surface area (Å²) in [7, 11) is 0. The van der Waals surface area contributed by atoms with Gasteiger partial charge in [-0.3, -0.25) is 9.66 Å². The molecule has 6 nitrogen and oxygen atoms in total. The first kappa shape index (κ1) is 10.1. The van der Waals surface area contributed by atoms with Crippen LogP contribution in [0, 0.1) is 0 Å². The quantitative estimate of drug-likeness (QED) is 0.420. The Morgan fingerprint density at radius 3 is 2.17 bits per heavy atom. The summed E-state index contributed by atoms with van der Waals surface area (Å²) in [6, 6.07) is 0. The van der Waals surface area contributed by atoms with Gasteiger partial charge in [-0.2, -0.15) is 3.93 Å². The zero-order chi connectivity index (χ0) is 9.46. The van der Waals surface area contributed by atoms with Gasteiger partial charge < -0.3 is 17.2 Å². The lowest BCUT2D eigenvalue weighted by molar-refractivity contribution is 0.196. The highest BCUT2D eigenvalue weighted by atomic mass is 79.9. The molecule has 8 N–H and O–H groups in total. The van der Waals surface area contributed by atoms with Crippen LogP contribution in [0.4, 0.5) is 0 Å². The average Bonchev–Trinajstić information content (AvgIpc) is 2.08. The fourth-order valence-electron chi connectivity index (χ4n) is 0.812. The molecule has 2 atom stereocenters. The number of nitrogens with zero attached hydrogens (tertiary/aromatic N) is 2. The molecular formula is C4H10Br2N6. The van der Waals surface area contributed by atoms with E-state index in [2.05, 4.69) is 32.3 Å². The Labute approximate surface area is 87.2 Å². The molecule has 1 rings (SSSR count). The fraction of sp³-hybridized carbons (Fsp3) is 0.500. The Kier molecular flexibility index (Phi) is 2.84. The topological polar surface area (TPSA) is 111 Å². The molecule has 1 aliphatic rings. The van der Waals surface area contributed by atoms with E-state index in [1.807, 2.05) is 0 Å². The molecule has 2 unspecified atom stereocenters. The first-order valence-electron chi connectivity index (χ1n) is 3.12. The third kappa shape index (κ3) is 1.40. The van der Waals surface area contributed by atoms with E-state index in [9.17, 15) is 0 Å². The maximum absolute atomic E-state index is 5.67. The summed E-state index contributed by atoms with van der Waals surface area (Å²) in [5.41, 5.74) is 22.9. The summed E-state index contributed by atoms with van der Waals surface area (Å²) < 4.78 is 2.95. The van der Waals surface area contributed by atoms with Crippen molar-refractivity contribution in [3.63, 3.8) is 0 Å². The van der Waals surface area contributed by atoms with Gasteiger partial charge >= 0.3 is 0 Å². The van der Waals surface area contributed by atoms with Gasteiger partial charge in [-0.25, -0.2) is 0 Å². The zero-order valence-electron chi connectivity index (χ0n) is 6.11. The first-order valence-corrected chi connectivity index (χ1v) is 4.54. The summed E-state index contributed by atoms with van der Waals surface area (Å²) in [6.07, 6.45) is -0.985. The van der Waals surface area contributed by atoms with Crippen molar-refractivity contribution in [2.45, 2.75) is 12.5 Å². The van der Waals surface area contributed by atoms with E-state index in [0.29, 0.717) is 11.5 Å². The van der Waals surface area contributed by atoms with E-state index in [1.165, 1.54) is 7.85 Å². The molecule has 0 fully saturated rings. The number of hydrogen-bond acceptors (Lipinski definition) is 6. The molecule has 0 aromatic heterocycles. The molecule has 12 heavy (non-hydrogen) atoms. The van der Waals surface area contributed by atoms with Crippen molar-refractivity contribution < 1.29 is 0 Å². The van der Waals surface area contributed by atoms with Crippen LogP contribution in [-0.4, -0.2) is 20.3 Å². The molecule has 0 spiro atoms. The largest absolute Gasteiger partial charge is 0.397 e. The maximum Gasteiger partial charge on any atom is 0.157 e. The van der Waals surface area contributed by atoms with Crippen LogP contribution in [0.1, 0.15) is 0 Å². The third-order valence-electron chi connectivity index (χ3n) is 1.60. The van der Waals surface area contributed by atoms with Crippen LogP contribution in [0.5, 0.6) is 0 Å². The third-order valence-corrected chi connectivity index (χ3v) is 3.26. The second kappa shape index (κ2) is 3.38. The van der Waals surface area contributed by atoms with Gasteiger partial charge in [0.1, 0.15) is 12.0 Å². The summed E-state index contributed by atoms with van der Waals surface area (Å²) in [5.74, 6) is 0.339. The summed E-state index contributed by atoms with van der Waals surface area (Å²) >= 11 is 6.31. The Bertz CT molecular complexity index is 196. The van der Waals surface area contributed by atoms with Gasteiger partial charge in [-0.15, -0.1) is 0 Å². The van der Waals surface area contributed by atoms with E-state index < -0.39 is 12.5 Å². The second-order valence-corrected chi connectivity index (χ2v) is 3.94. The molecule has 0 saturated heterocycles. The van der Waals surface area contributed by atoms with Gasteiger partial charge in [-0.05, 0) is 0 Å². The van der Waals surface area contributed by atoms with Crippen LogP contribution in [0.25, 0.3) is 0 Å². The SMILES string of the molecule is NC1=C(N)N(Br)C(N)N(Br)C1N. The molecule has 0 aromatic carbocycles. The lowest BCUT2D eigenvalue weighted by Crippen LogP contribution is -2.59. The molecular weight excluding hydrogens is 292 g/mol. The lowest BCUT2D eigenvalue weighted by atomic mass is 10.3. The summed E-state index contributed by atoms with van der Waals surface area (Å²) in [6.45, 7) is 0. The highest BCUT2D eigenvalue weighted by Gasteiger charge is 2.32. The predicted molar refractivity (Wildman–Crippen MR) is 52.9 cm³/mol. The fourth-order valence-corrected chi connectivity index (χ4v) is 1.86. The van der Waals surface area contributed by atoms with Crippen molar-refractivity contribution in [3.05, 3.63) is 11.5 Å². The van der Waals surface area contributed by atoms with Crippen molar-refractivity contribution in [3.8, 4) is 0 Å². The summed E-state index contributed by atoms with van der Waals surface area (Å²) in [5, 5.41) is 0. The Morgan fingerprint density at radius 2 is 1.67 bits per heavy atom. The normalized spacial score (nSPS) is 32.8. The minimum absolute atomic E-state index is 0.339. The molecule has 0 saturated carbocycles. The zero-order valence-corrected chi connectivity index (χ0v) is 9.29. The summed E-state index contributed by atoms with van der Waals surface area (Å²) in [4.78, 5) is 0. The van der Waals surface area contributed by atoms with Crippen molar-refractivity contribution in [2.24, 2.45) is 22.9 Å². The van der Waals surface area contributed by atoms with Crippen LogP contribution in [0.2, 0.25) is 0 Å². The molecule has 0 aromatic rings. The molecule has 1 aliphatic heterocycles. The molecule has 8 heteroatoms. The first-order chi connectivity index (χ1) is 5.46. The van der Waals surface area contributed by atoms with Crippen LogP contribution >= 0.6 is 32.3 Å². The average molecular weight is 302 g/mol. The Morgan fingerprint density at radius 1 is 1.17 bits per heavy atom. The minimum atomic E-state index is -0.506. The van der Waals surface area contributed by atoms with Gasteiger partial charge in [0.2, 0.25) is 0 Å². The maximum atomic E-state index is 5.67. The van der Waals surface area contributed by atoms with Crippen molar-refractivity contribution in [1.82, 2.24) is 7.85 Å². The predicted octanol–water partition coefficient (Wildman–Crippen LogP) is -1.16. The Balaban J connectivity index is 3.00. The molecule has 0 aliphatic carbocycles. The van der Waals surface area contributed by atoms with Gasteiger partial charge in [0.05, 0.1) is 21.8 Å². The highest BCUT2D eigenvalue weighted by Crippen LogP contribution is 2.24. The minimum Gasteiger partial charge on any atom is -0.397 e. The van der Waals surface area contributed by atoms with Crippen LogP contribution in [-0.2, 0) is 0 Å².